The minimum Gasteiger partial charge on any atom is -0.478 e. The van der Waals surface area contributed by atoms with Crippen LogP contribution in [0, 0.1) is 11.6 Å². The van der Waals surface area contributed by atoms with Gasteiger partial charge in [0.1, 0.15) is 5.82 Å². The fourth-order valence-corrected chi connectivity index (χ4v) is 2.29. The van der Waals surface area contributed by atoms with Crippen LogP contribution in [0.5, 0.6) is 5.75 Å². The van der Waals surface area contributed by atoms with Gasteiger partial charge in [0.2, 0.25) is 0 Å². The van der Waals surface area contributed by atoms with Crippen LogP contribution in [-0.4, -0.2) is 43.1 Å². The molecule has 1 aromatic carbocycles. The van der Waals surface area contributed by atoms with Crippen molar-refractivity contribution in [3.8, 4) is 5.75 Å². The summed E-state index contributed by atoms with van der Waals surface area (Å²) in [5.74, 6) is -1.90. The fraction of sp³-hybridized carbons (Fsp3) is 0.533. The summed E-state index contributed by atoms with van der Waals surface area (Å²) >= 11 is 0. The van der Waals surface area contributed by atoms with Crippen molar-refractivity contribution in [1.29, 1.82) is 0 Å². The first-order valence-electron chi connectivity index (χ1n) is 7.06. The zero-order valence-corrected chi connectivity index (χ0v) is 12.2. The third-order valence-electron chi connectivity index (χ3n) is 3.63. The van der Waals surface area contributed by atoms with Crippen molar-refractivity contribution in [3.05, 3.63) is 29.8 Å². The zero-order valence-electron chi connectivity index (χ0n) is 12.2. The van der Waals surface area contributed by atoms with E-state index >= 15 is 0 Å². The van der Waals surface area contributed by atoms with E-state index in [1.165, 1.54) is 6.07 Å². The molecule has 1 N–H and O–H groups in total. The van der Waals surface area contributed by atoms with E-state index in [-0.39, 0.29) is 17.7 Å². The van der Waals surface area contributed by atoms with E-state index in [1.54, 1.807) is 6.92 Å². The van der Waals surface area contributed by atoms with Crippen molar-refractivity contribution in [2.45, 2.75) is 31.9 Å². The zero-order chi connectivity index (χ0) is 15.4. The predicted octanol–water partition coefficient (Wildman–Crippen LogP) is 1.94. The van der Waals surface area contributed by atoms with Crippen LogP contribution in [0.1, 0.15) is 19.8 Å². The number of likely N-dealkylation sites (tertiary alicyclic amines) is 1. The van der Waals surface area contributed by atoms with Gasteiger partial charge >= 0.3 is 0 Å². The lowest BCUT2D eigenvalue weighted by molar-refractivity contribution is -0.128. The quantitative estimate of drug-likeness (QED) is 0.923. The second-order valence-electron chi connectivity index (χ2n) is 5.42. The van der Waals surface area contributed by atoms with Gasteiger partial charge in [-0.05, 0) is 52.0 Å². The highest BCUT2D eigenvalue weighted by molar-refractivity contribution is 5.81. The minimum atomic E-state index is -0.829. The number of carbonyl (C=O) groups excluding carboxylic acids is 1. The molecular formula is C15H20F2N2O2. The summed E-state index contributed by atoms with van der Waals surface area (Å²) in [4.78, 5) is 14.2. The van der Waals surface area contributed by atoms with Crippen molar-refractivity contribution >= 4 is 5.91 Å². The van der Waals surface area contributed by atoms with Gasteiger partial charge in [-0.3, -0.25) is 4.79 Å². The summed E-state index contributed by atoms with van der Waals surface area (Å²) in [5.41, 5.74) is 0. The van der Waals surface area contributed by atoms with E-state index in [4.69, 9.17) is 4.74 Å². The highest BCUT2D eigenvalue weighted by Gasteiger charge is 2.22. The van der Waals surface area contributed by atoms with E-state index < -0.39 is 17.7 Å². The Balaban J connectivity index is 1.87. The van der Waals surface area contributed by atoms with Gasteiger partial charge in [-0.1, -0.05) is 0 Å². The van der Waals surface area contributed by atoms with Gasteiger partial charge in [0.15, 0.2) is 17.7 Å². The number of ether oxygens (including phenoxy) is 1. The lowest BCUT2D eigenvalue weighted by Crippen LogP contribution is -2.47. The first kappa shape index (κ1) is 15.7. The van der Waals surface area contributed by atoms with Crippen LogP contribution in [0.2, 0.25) is 0 Å². The molecule has 1 amide bonds. The lowest BCUT2D eigenvalue weighted by atomic mass is 10.1. The fourth-order valence-electron chi connectivity index (χ4n) is 2.29. The van der Waals surface area contributed by atoms with Gasteiger partial charge in [0, 0.05) is 12.1 Å². The van der Waals surface area contributed by atoms with Crippen LogP contribution in [0.4, 0.5) is 8.78 Å². The molecule has 2 rings (SSSR count). The van der Waals surface area contributed by atoms with Gasteiger partial charge in [-0.2, -0.15) is 0 Å². The molecule has 0 unspecified atom stereocenters. The molecule has 116 valence electrons. The summed E-state index contributed by atoms with van der Waals surface area (Å²) in [5, 5.41) is 2.90. The maximum atomic E-state index is 13.5. The SMILES string of the molecule is C[C@@H](Oc1ccc(F)cc1F)C(=O)NC1CCN(C)CC1. The van der Waals surface area contributed by atoms with Crippen LogP contribution in [0.3, 0.4) is 0 Å². The molecule has 6 heteroatoms. The maximum Gasteiger partial charge on any atom is 0.260 e. The number of hydrogen-bond donors (Lipinski definition) is 1. The molecule has 0 aromatic heterocycles. The second kappa shape index (κ2) is 6.85. The van der Waals surface area contributed by atoms with E-state index in [9.17, 15) is 13.6 Å². The monoisotopic (exact) mass is 298 g/mol. The van der Waals surface area contributed by atoms with Crippen molar-refractivity contribution in [3.63, 3.8) is 0 Å². The molecular weight excluding hydrogens is 278 g/mol. The second-order valence-corrected chi connectivity index (χ2v) is 5.42. The number of hydrogen-bond acceptors (Lipinski definition) is 3. The Bertz CT molecular complexity index is 502. The Hall–Kier alpha value is -1.69. The third kappa shape index (κ3) is 4.39. The standard InChI is InChI=1S/C15H20F2N2O2/c1-10(21-14-4-3-11(16)9-13(14)17)15(20)18-12-5-7-19(2)8-6-12/h3-4,9-10,12H,5-8H2,1-2H3,(H,18,20)/t10-/m1/s1. The van der Waals surface area contributed by atoms with Crippen LogP contribution in [-0.2, 0) is 4.79 Å². The molecule has 21 heavy (non-hydrogen) atoms. The molecule has 4 nitrogen and oxygen atoms in total. The number of nitrogens with zero attached hydrogens (tertiary/aromatic N) is 1. The van der Waals surface area contributed by atoms with Crippen molar-refractivity contribution < 1.29 is 18.3 Å². The average Bonchev–Trinajstić information content (AvgIpc) is 2.44. The number of carbonyl (C=O) groups is 1. The first-order valence-corrected chi connectivity index (χ1v) is 7.06. The Labute approximate surface area is 123 Å². The largest absolute Gasteiger partial charge is 0.478 e. The average molecular weight is 298 g/mol. The summed E-state index contributed by atoms with van der Waals surface area (Å²) in [6.45, 7) is 3.42. The Morgan fingerprint density at radius 2 is 2.05 bits per heavy atom. The molecule has 0 bridgehead atoms. The van der Waals surface area contributed by atoms with Crippen molar-refractivity contribution in [1.82, 2.24) is 10.2 Å². The van der Waals surface area contributed by atoms with Crippen molar-refractivity contribution in [2.24, 2.45) is 0 Å². The first-order chi connectivity index (χ1) is 9.95. The van der Waals surface area contributed by atoms with Crippen LogP contribution in [0.25, 0.3) is 0 Å². The predicted molar refractivity (Wildman–Crippen MR) is 75.1 cm³/mol. The number of rotatable bonds is 4. The molecule has 1 aliphatic heterocycles. The van der Waals surface area contributed by atoms with Crippen LogP contribution in [0.15, 0.2) is 18.2 Å². The smallest absolute Gasteiger partial charge is 0.260 e. The van der Waals surface area contributed by atoms with E-state index in [2.05, 4.69) is 10.2 Å². The molecule has 0 aliphatic carbocycles. The van der Waals surface area contributed by atoms with Gasteiger partial charge in [0.25, 0.3) is 5.91 Å². The lowest BCUT2D eigenvalue weighted by Gasteiger charge is -2.30. The van der Waals surface area contributed by atoms with Gasteiger partial charge in [0.05, 0.1) is 0 Å². The number of nitrogens with one attached hydrogen (secondary N) is 1. The number of halogens is 2. The molecule has 1 saturated heterocycles. The number of amides is 1. The Morgan fingerprint density at radius 3 is 2.67 bits per heavy atom. The normalized spacial score (nSPS) is 18.3. The molecule has 0 spiro atoms. The van der Waals surface area contributed by atoms with Gasteiger partial charge in [-0.15, -0.1) is 0 Å². The number of benzene rings is 1. The molecule has 1 heterocycles. The molecule has 1 aliphatic rings. The van der Waals surface area contributed by atoms with Crippen LogP contribution < -0.4 is 10.1 Å². The maximum absolute atomic E-state index is 13.5. The van der Waals surface area contributed by atoms with Crippen molar-refractivity contribution in [2.75, 3.05) is 20.1 Å². The minimum absolute atomic E-state index is 0.123. The molecule has 1 aromatic rings. The molecule has 1 fully saturated rings. The topological polar surface area (TPSA) is 41.6 Å². The number of piperidine rings is 1. The van der Waals surface area contributed by atoms with Gasteiger partial charge in [-0.25, -0.2) is 8.78 Å². The molecule has 0 radical (unpaired) electrons. The highest BCUT2D eigenvalue weighted by atomic mass is 19.1. The molecule has 0 saturated carbocycles. The molecule has 1 atom stereocenters. The summed E-state index contributed by atoms with van der Waals surface area (Å²) in [6, 6.07) is 3.14. The summed E-state index contributed by atoms with van der Waals surface area (Å²) in [7, 11) is 2.04. The summed E-state index contributed by atoms with van der Waals surface area (Å²) < 4.78 is 31.5. The van der Waals surface area contributed by atoms with Gasteiger partial charge < -0.3 is 15.0 Å². The summed E-state index contributed by atoms with van der Waals surface area (Å²) in [6.07, 6.45) is 0.948. The Morgan fingerprint density at radius 1 is 1.38 bits per heavy atom. The van der Waals surface area contributed by atoms with E-state index in [0.717, 1.165) is 38.1 Å². The van der Waals surface area contributed by atoms with Crippen LogP contribution >= 0.6 is 0 Å². The highest BCUT2D eigenvalue weighted by Crippen LogP contribution is 2.19. The Kier molecular flexibility index (Phi) is 5.12. The van der Waals surface area contributed by atoms with E-state index in [0.29, 0.717) is 0 Å². The van der Waals surface area contributed by atoms with E-state index in [1.807, 2.05) is 7.05 Å². The third-order valence-corrected chi connectivity index (χ3v) is 3.63.